The van der Waals surface area contributed by atoms with Crippen molar-refractivity contribution in [3.63, 3.8) is 0 Å². The number of esters is 1. The molecule has 1 aromatic rings. The highest BCUT2D eigenvalue weighted by Crippen LogP contribution is 2.43. The third kappa shape index (κ3) is 4.67. The number of halogens is 1. The van der Waals surface area contributed by atoms with E-state index in [0.717, 1.165) is 38.9 Å². The Balaban J connectivity index is 1.67. The van der Waals surface area contributed by atoms with Crippen molar-refractivity contribution in [1.82, 2.24) is 14.8 Å². The second kappa shape index (κ2) is 9.76. The fraction of sp³-hybridized carbons (Fsp3) is 0.667. The lowest BCUT2D eigenvalue weighted by atomic mass is 9.69. The molecule has 1 aliphatic heterocycles. The lowest BCUT2D eigenvalue weighted by molar-refractivity contribution is -0.149. The van der Waals surface area contributed by atoms with Crippen molar-refractivity contribution in [3.05, 3.63) is 29.0 Å². The molecule has 0 aromatic carbocycles. The van der Waals surface area contributed by atoms with Crippen LogP contribution in [-0.2, 0) is 19.7 Å². The third-order valence-corrected chi connectivity index (χ3v) is 6.47. The number of ether oxygens (including phenoxy) is 2. The highest BCUT2D eigenvalue weighted by Gasteiger charge is 2.47. The Labute approximate surface area is 177 Å². The number of aromatic nitrogens is 1. The zero-order valence-corrected chi connectivity index (χ0v) is 18.0. The molecule has 8 heteroatoms. The summed E-state index contributed by atoms with van der Waals surface area (Å²) in [6, 6.07) is 3.92. The number of amides is 1. The minimum atomic E-state index is -0.785. The zero-order valence-electron chi connectivity index (χ0n) is 17.2. The maximum atomic E-state index is 12.8. The number of rotatable bonds is 4. The summed E-state index contributed by atoms with van der Waals surface area (Å²) in [6.45, 7) is 5.37. The summed E-state index contributed by atoms with van der Waals surface area (Å²) in [5.41, 5.74) is -0.164. The number of methoxy groups -OCH3 is 1. The molecule has 0 N–H and O–H groups in total. The highest BCUT2D eigenvalue weighted by atomic mass is 35.5. The van der Waals surface area contributed by atoms with Crippen LogP contribution in [0.2, 0.25) is 5.02 Å². The Morgan fingerprint density at radius 1 is 1.24 bits per heavy atom. The average Bonchev–Trinajstić information content (AvgIpc) is 3.00. The normalized spacial score (nSPS) is 25.9. The van der Waals surface area contributed by atoms with E-state index < -0.39 is 5.41 Å². The Morgan fingerprint density at radius 2 is 2.00 bits per heavy atom. The highest BCUT2D eigenvalue weighted by molar-refractivity contribution is 6.31. The molecule has 29 heavy (non-hydrogen) atoms. The van der Waals surface area contributed by atoms with E-state index in [1.54, 1.807) is 23.2 Å². The summed E-state index contributed by atoms with van der Waals surface area (Å²) in [5, 5.41) is 0.510. The van der Waals surface area contributed by atoms with Crippen molar-refractivity contribution in [3.8, 4) is 0 Å². The average molecular weight is 424 g/mol. The minimum absolute atomic E-state index is 0.229. The van der Waals surface area contributed by atoms with Gasteiger partial charge in [-0.2, -0.15) is 0 Å². The molecule has 1 saturated carbocycles. The van der Waals surface area contributed by atoms with E-state index in [4.69, 9.17) is 21.1 Å². The van der Waals surface area contributed by atoms with Crippen molar-refractivity contribution in [2.24, 2.45) is 0 Å². The molecule has 2 aliphatic rings. The lowest BCUT2D eigenvalue weighted by Crippen LogP contribution is -2.48. The summed E-state index contributed by atoms with van der Waals surface area (Å²) in [7, 11) is 1.42. The minimum Gasteiger partial charge on any atom is -0.468 e. The molecule has 0 unspecified atom stereocenters. The van der Waals surface area contributed by atoms with Gasteiger partial charge in [0.05, 0.1) is 24.4 Å². The van der Waals surface area contributed by atoms with Crippen LogP contribution in [0.4, 0.5) is 4.79 Å². The summed E-state index contributed by atoms with van der Waals surface area (Å²) >= 11 is 6.40. The van der Waals surface area contributed by atoms with Crippen LogP contribution in [0.25, 0.3) is 0 Å². The van der Waals surface area contributed by atoms with Gasteiger partial charge in [0, 0.05) is 38.4 Å². The van der Waals surface area contributed by atoms with Crippen LogP contribution in [0.1, 0.15) is 44.7 Å². The largest absolute Gasteiger partial charge is 0.468 e. The molecular weight excluding hydrogens is 394 g/mol. The summed E-state index contributed by atoms with van der Waals surface area (Å²) < 4.78 is 10.3. The van der Waals surface area contributed by atoms with E-state index in [2.05, 4.69) is 9.88 Å². The third-order valence-electron chi connectivity index (χ3n) is 6.17. The molecule has 160 valence electrons. The first-order valence-corrected chi connectivity index (χ1v) is 10.7. The number of carbonyl (C=O) groups is 2. The zero-order chi connectivity index (χ0) is 20.9. The summed E-state index contributed by atoms with van der Waals surface area (Å²) in [6.07, 6.45) is 5.40. The predicted molar refractivity (Wildman–Crippen MR) is 110 cm³/mol. The van der Waals surface area contributed by atoms with Crippen LogP contribution in [0, 0.1) is 0 Å². The molecule has 0 spiro atoms. The molecule has 7 nitrogen and oxygen atoms in total. The molecule has 1 aliphatic carbocycles. The maximum Gasteiger partial charge on any atom is 0.409 e. The first-order valence-electron chi connectivity index (χ1n) is 10.4. The predicted octanol–water partition coefficient (Wildman–Crippen LogP) is 3.25. The van der Waals surface area contributed by atoms with E-state index in [1.807, 2.05) is 6.92 Å². The van der Waals surface area contributed by atoms with Gasteiger partial charge in [0.1, 0.15) is 5.41 Å². The lowest BCUT2D eigenvalue weighted by Gasteiger charge is -2.41. The monoisotopic (exact) mass is 423 g/mol. The maximum absolute atomic E-state index is 12.8. The molecule has 0 atom stereocenters. The number of pyridine rings is 1. The number of nitrogens with zero attached hydrogens (tertiary/aromatic N) is 3. The van der Waals surface area contributed by atoms with Gasteiger partial charge in [-0.05, 0) is 51.2 Å². The van der Waals surface area contributed by atoms with E-state index >= 15 is 0 Å². The van der Waals surface area contributed by atoms with Gasteiger partial charge in [-0.25, -0.2) is 4.79 Å². The first kappa shape index (κ1) is 21.8. The molecule has 2 heterocycles. The van der Waals surface area contributed by atoms with Crippen LogP contribution in [0.5, 0.6) is 0 Å². The smallest absolute Gasteiger partial charge is 0.409 e. The summed E-state index contributed by atoms with van der Waals surface area (Å²) in [5.74, 6) is -0.263. The molecule has 0 bridgehead atoms. The van der Waals surface area contributed by atoms with E-state index in [0.29, 0.717) is 42.8 Å². The molecule has 1 amide bonds. The SMILES string of the molecule is CCOC(=O)N1CCCN(C2CCC(C(=O)OC)(c3ncccc3Cl)CC2)CC1. The van der Waals surface area contributed by atoms with Gasteiger partial charge in [-0.3, -0.25) is 14.7 Å². The van der Waals surface area contributed by atoms with Crippen molar-refractivity contribution < 1.29 is 19.1 Å². The number of hydrogen-bond donors (Lipinski definition) is 0. The Kier molecular flexibility index (Phi) is 7.35. The Bertz CT molecular complexity index is 722. The van der Waals surface area contributed by atoms with Crippen LogP contribution in [0.3, 0.4) is 0 Å². The van der Waals surface area contributed by atoms with Crippen molar-refractivity contribution in [2.75, 3.05) is 39.9 Å². The number of hydrogen-bond acceptors (Lipinski definition) is 6. The molecule has 3 rings (SSSR count). The van der Waals surface area contributed by atoms with Gasteiger partial charge in [0.2, 0.25) is 0 Å². The molecular formula is C21H30ClN3O4. The molecule has 1 saturated heterocycles. The van der Waals surface area contributed by atoms with Crippen LogP contribution in [-0.4, -0.2) is 72.8 Å². The van der Waals surface area contributed by atoms with Crippen LogP contribution < -0.4 is 0 Å². The second-order valence-electron chi connectivity index (χ2n) is 7.71. The first-order chi connectivity index (χ1) is 14.0. The van der Waals surface area contributed by atoms with Gasteiger partial charge in [0.25, 0.3) is 0 Å². The van der Waals surface area contributed by atoms with E-state index in [9.17, 15) is 9.59 Å². The van der Waals surface area contributed by atoms with Crippen molar-refractivity contribution in [2.45, 2.75) is 50.5 Å². The second-order valence-corrected chi connectivity index (χ2v) is 8.12. The van der Waals surface area contributed by atoms with Crippen LogP contribution in [0.15, 0.2) is 18.3 Å². The van der Waals surface area contributed by atoms with Crippen LogP contribution >= 0.6 is 11.6 Å². The van der Waals surface area contributed by atoms with Gasteiger partial charge in [-0.1, -0.05) is 11.6 Å². The van der Waals surface area contributed by atoms with E-state index in [-0.39, 0.29) is 12.1 Å². The number of carbonyl (C=O) groups excluding carboxylic acids is 2. The topological polar surface area (TPSA) is 72.0 Å². The van der Waals surface area contributed by atoms with Crippen molar-refractivity contribution in [1.29, 1.82) is 0 Å². The fourth-order valence-corrected chi connectivity index (χ4v) is 4.93. The molecule has 2 fully saturated rings. The van der Waals surface area contributed by atoms with Gasteiger partial charge in [0.15, 0.2) is 0 Å². The summed E-state index contributed by atoms with van der Waals surface area (Å²) in [4.78, 5) is 33.5. The molecule has 1 aromatic heterocycles. The van der Waals surface area contributed by atoms with Gasteiger partial charge < -0.3 is 14.4 Å². The molecule has 0 radical (unpaired) electrons. The van der Waals surface area contributed by atoms with Crippen molar-refractivity contribution >= 4 is 23.7 Å². The van der Waals surface area contributed by atoms with Gasteiger partial charge in [-0.15, -0.1) is 0 Å². The standard InChI is InChI=1S/C21H30ClN3O4/c1-3-29-20(27)25-13-5-12-24(14-15-25)16-7-9-21(10-8-16,19(26)28-2)18-17(22)6-4-11-23-18/h4,6,11,16H,3,5,7-10,12-15H2,1-2H3. The quantitative estimate of drug-likeness (QED) is 0.692. The van der Waals surface area contributed by atoms with E-state index in [1.165, 1.54) is 7.11 Å². The Morgan fingerprint density at radius 3 is 2.66 bits per heavy atom. The fourth-order valence-electron chi connectivity index (χ4n) is 4.63. The Hall–Kier alpha value is -1.86. The van der Waals surface area contributed by atoms with Gasteiger partial charge >= 0.3 is 12.1 Å².